The molecule has 0 aromatic heterocycles. The van der Waals surface area contributed by atoms with Crippen LogP contribution in [0.2, 0.25) is 0 Å². The molecule has 2 unspecified atom stereocenters. The van der Waals surface area contributed by atoms with Gasteiger partial charge in [0.25, 0.3) is 0 Å². The van der Waals surface area contributed by atoms with Crippen LogP contribution in [-0.2, 0) is 30.2 Å². The van der Waals surface area contributed by atoms with Crippen LogP contribution in [0.3, 0.4) is 0 Å². The predicted octanol–water partition coefficient (Wildman–Crippen LogP) is 5.79. The minimum Gasteiger partial charge on any atom is -0.480 e. The van der Waals surface area contributed by atoms with Gasteiger partial charge in [-0.1, -0.05) is 33.8 Å². The number of aliphatic carboxylic acids is 1. The van der Waals surface area contributed by atoms with E-state index in [1.54, 1.807) is 41.5 Å². The molecule has 40 heavy (non-hydrogen) atoms. The molecule has 11 nitrogen and oxygen atoms in total. The van der Waals surface area contributed by atoms with Crippen LogP contribution in [0.5, 0.6) is 11.5 Å². The lowest BCUT2D eigenvalue weighted by Crippen LogP contribution is -2.52. The normalized spacial score (nSPS) is 14.8. The number of benzene rings is 1. The summed E-state index contributed by atoms with van der Waals surface area (Å²) in [6.07, 6.45) is -1.60. The van der Waals surface area contributed by atoms with E-state index in [0.29, 0.717) is 24.8 Å². The van der Waals surface area contributed by atoms with Crippen LogP contribution in [0.1, 0.15) is 93.6 Å². The molecule has 1 aromatic carbocycles. The van der Waals surface area contributed by atoms with E-state index in [4.69, 9.17) is 29.4 Å². The van der Waals surface area contributed by atoms with E-state index in [-0.39, 0.29) is 30.3 Å². The van der Waals surface area contributed by atoms with Crippen LogP contribution in [0.15, 0.2) is 18.2 Å². The van der Waals surface area contributed by atoms with Crippen LogP contribution in [0.25, 0.3) is 0 Å². The topological polar surface area (TPSA) is 161 Å². The highest BCUT2D eigenvalue weighted by Crippen LogP contribution is 2.32. The van der Waals surface area contributed by atoms with Crippen LogP contribution < -0.4 is 15.2 Å². The fraction of sp³-hybridized carbons (Fsp3) is 0.655. The zero-order valence-electron chi connectivity index (χ0n) is 25.1. The molecule has 0 aliphatic rings. The summed E-state index contributed by atoms with van der Waals surface area (Å²) in [5, 5.41) is 9.95. The van der Waals surface area contributed by atoms with Crippen molar-refractivity contribution in [2.45, 2.75) is 117 Å². The van der Waals surface area contributed by atoms with E-state index in [1.807, 2.05) is 20.8 Å². The predicted molar refractivity (Wildman–Crippen MR) is 147 cm³/mol. The van der Waals surface area contributed by atoms with E-state index < -0.39 is 47.1 Å². The van der Waals surface area contributed by atoms with Crippen molar-refractivity contribution < 1.29 is 48.0 Å². The maximum absolute atomic E-state index is 12.5. The Balaban J connectivity index is 3.29. The second kappa shape index (κ2) is 14.3. The van der Waals surface area contributed by atoms with Crippen molar-refractivity contribution in [1.82, 2.24) is 0 Å². The van der Waals surface area contributed by atoms with Gasteiger partial charge in [0.1, 0.15) is 22.8 Å². The summed E-state index contributed by atoms with van der Waals surface area (Å²) < 4.78 is 26.7. The first-order valence-electron chi connectivity index (χ1n) is 13.5. The summed E-state index contributed by atoms with van der Waals surface area (Å²) >= 11 is 0. The number of carbonyl (C=O) groups is 4. The highest BCUT2D eigenvalue weighted by Gasteiger charge is 2.37. The fourth-order valence-electron chi connectivity index (χ4n) is 3.28. The fourth-order valence-corrected chi connectivity index (χ4v) is 3.28. The smallest absolute Gasteiger partial charge is 0.480 e. The van der Waals surface area contributed by atoms with Crippen LogP contribution in [0.4, 0.5) is 9.59 Å². The summed E-state index contributed by atoms with van der Waals surface area (Å²) in [7, 11) is 0. The SMILES string of the molecule is CCC(C)C(=O)O[C@@H](C)CC(N)(Cc1ccc(OC(=O)OC(C)(C)CC)c(OC(=O)OC(C)(C)CC)c1)C(=O)O. The van der Waals surface area contributed by atoms with Gasteiger partial charge in [0.15, 0.2) is 11.5 Å². The maximum Gasteiger partial charge on any atom is 0.514 e. The van der Waals surface area contributed by atoms with E-state index in [1.165, 1.54) is 18.2 Å². The molecule has 0 fully saturated rings. The monoisotopic (exact) mass is 567 g/mol. The van der Waals surface area contributed by atoms with Crippen molar-refractivity contribution in [2.24, 2.45) is 11.7 Å². The molecular weight excluding hydrogens is 522 g/mol. The Kier molecular flexibility index (Phi) is 12.4. The lowest BCUT2D eigenvalue weighted by molar-refractivity contribution is -0.156. The summed E-state index contributed by atoms with van der Waals surface area (Å²) in [4.78, 5) is 49.4. The number of hydrogen-bond donors (Lipinski definition) is 2. The molecule has 0 aliphatic carbocycles. The van der Waals surface area contributed by atoms with Crippen LogP contribution in [-0.4, -0.2) is 52.2 Å². The van der Waals surface area contributed by atoms with E-state index in [2.05, 4.69) is 0 Å². The average Bonchev–Trinajstić information content (AvgIpc) is 2.84. The third kappa shape index (κ3) is 11.0. The Labute approximate surface area is 236 Å². The molecule has 0 radical (unpaired) electrons. The molecule has 3 atom stereocenters. The molecule has 1 rings (SSSR count). The molecule has 0 saturated carbocycles. The first-order chi connectivity index (χ1) is 18.4. The number of rotatable bonds is 14. The van der Waals surface area contributed by atoms with Gasteiger partial charge in [-0.05, 0) is 71.6 Å². The Morgan fingerprint density at radius 3 is 1.82 bits per heavy atom. The second-order valence-electron chi connectivity index (χ2n) is 11.3. The minimum atomic E-state index is -1.83. The van der Waals surface area contributed by atoms with E-state index >= 15 is 0 Å². The zero-order valence-corrected chi connectivity index (χ0v) is 25.1. The second-order valence-corrected chi connectivity index (χ2v) is 11.3. The van der Waals surface area contributed by atoms with Gasteiger partial charge in [0.05, 0.1) is 5.92 Å². The van der Waals surface area contributed by atoms with Crippen molar-refractivity contribution >= 4 is 24.2 Å². The number of nitrogens with two attached hydrogens (primary N) is 1. The van der Waals surface area contributed by atoms with Crippen molar-refractivity contribution in [3.05, 3.63) is 23.8 Å². The number of carbonyl (C=O) groups excluding carboxylic acids is 3. The van der Waals surface area contributed by atoms with Crippen molar-refractivity contribution in [2.75, 3.05) is 0 Å². The van der Waals surface area contributed by atoms with Crippen molar-refractivity contribution in [3.8, 4) is 11.5 Å². The Bertz CT molecular complexity index is 1050. The highest BCUT2D eigenvalue weighted by molar-refractivity contribution is 5.79. The van der Waals surface area contributed by atoms with Gasteiger partial charge >= 0.3 is 24.2 Å². The van der Waals surface area contributed by atoms with Gasteiger partial charge in [-0.15, -0.1) is 0 Å². The highest BCUT2D eigenvalue weighted by atomic mass is 16.8. The number of hydrogen-bond acceptors (Lipinski definition) is 10. The zero-order chi connectivity index (χ0) is 30.9. The van der Waals surface area contributed by atoms with Gasteiger partial charge in [0, 0.05) is 12.8 Å². The van der Waals surface area contributed by atoms with Crippen LogP contribution >= 0.6 is 0 Å². The van der Waals surface area contributed by atoms with Gasteiger partial charge in [-0.3, -0.25) is 9.59 Å². The molecule has 11 heteroatoms. The summed E-state index contributed by atoms with van der Waals surface area (Å²) in [6.45, 7) is 15.7. The summed E-state index contributed by atoms with van der Waals surface area (Å²) in [6, 6.07) is 4.17. The van der Waals surface area contributed by atoms with Gasteiger partial charge in [-0.2, -0.15) is 0 Å². The molecule has 226 valence electrons. The number of carboxylic acids is 1. The summed E-state index contributed by atoms with van der Waals surface area (Å²) in [5.74, 6) is -2.41. The minimum absolute atomic E-state index is 0.138. The molecule has 3 N–H and O–H groups in total. The third-order valence-electron chi connectivity index (χ3n) is 6.75. The lowest BCUT2D eigenvalue weighted by Gasteiger charge is -2.28. The molecule has 0 bridgehead atoms. The molecule has 0 saturated heterocycles. The van der Waals surface area contributed by atoms with Crippen molar-refractivity contribution in [3.63, 3.8) is 0 Å². The summed E-state index contributed by atoms with van der Waals surface area (Å²) in [5.41, 5.74) is 3.20. The van der Waals surface area contributed by atoms with Gasteiger partial charge in [0.2, 0.25) is 0 Å². The molecule has 0 spiro atoms. The largest absolute Gasteiger partial charge is 0.514 e. The van der Waals surface area contributed by atoms with E-state index in [9.17, 15) is 24.3 Å². The standard InChI is InChI=1S/C29H45NO10/c1-10-18(4)23(31)36-19(5)16-29(30,24(32)33)17-20-13-14-21(37-25(34)39-27(6,7)11-2)22(15-20)38-26(35)40-28(8,9)12-3/h13-15,18-19H,10-12,16-17,30H2,1-9H3,(H,32,33)/t18?,19-,29?/m0/s1. The van der Waals surface area contributed by atoms with Gasteiger partial charge < -0.3 is 34.5 Å². The molecule has 0 heterocycles. The number of esters is 1. The Hall–Kier alpha value is -3.34. The van der Waals surface area contributed by atoms with Crippen molar-refractivity contribution in [1.29, 1.82) is 0 Å². The van der Waals surface area contributed by atoms with Crippen LogP contribution in [0, 0.1) is 5.92 Å². The number of ether oxygens (including phenoxy) is 5. The molecule has 0 aliphatic heterocycles. The molecular formula is C29H45NO10. The lowest BCUT2D eigenvalue weighted by atomic mass is 9.86. The van der Waals surface area contributed by atoms with Gasteiger partial charge in [-0.25, -0.2) is 9.59 Å². The molecule has 0 amide bonds. The first-order valence-corrected chi connectivity index (χ1v) is 13.5. The Morgan fingerprint density at radius 1 is 0.875 bits per heavy atom. The quantitative estimate of drug-likeness (QED) is 0.159. The molecule has 1 aromatic rings. The van der Waals surface area contributed by atoms with E-state index in [0.717, 1.165) is 0 Å². The number of carboxylic acid groups (broad SMARTS) is 1. The Morgan fingerprint density at radius 2 is 1.38 bits per heavy atom. The average molecular weight is 568 g/mol. The maximum atomic E-state index is 12.5. The third-order valence-corrected chi connectivity index (χ3v) is 6.75. The first kappa shape index (κ1) is 34.7.